The first kappa shape index (κ1) is 12.5. The van der Waals surface area contributed by atoms with Crippen molar-refractivity contribution in [1.82, 2.24) is 0 Å². The Hall–Kier alpha value is -1.94. The summed E-state index contributed by atoms with van der Waals surface area (Å²) < 4.78 is 10.6. The molecule has 4 nitrogen and oxygen atoms in total. The molecule has 0 aliphatic rings. The van der Waals surface area contributed by atoms with Crippen molar-refractivity contribution < 1.29 is 19.1 Å². The summed E-state index contributed by atoms with van der Waals surface area (Å²) in [7, 11) is 0. The largest absolute Gasteiger partial charge is 0.485 e. The fraction of sp³-hybridized carbons (Fsp3) is 0.154. The van der Waals surface area contributed by atoms with Crippen LogP contribution in [0.25, 0.3) is 0 Å². The lowest BCUT2D eigenvalue weighted by atomic mass is 10.2. The first-order valence-electron chi connectivity index (χ1n) is 5.26. The van der Waals surface area contributed by atoms with Gasteiger partial charge in [-0.3, -0.25) is 0 Å². The fourth-order valence-corrected chi connectivity index (χ4v) is 1.68. The highest BCUT2D eigenvalue weighted by Crippen LogP contribution is 2.24. The van der Waals surface area contributed by atoms with Crippen molar-refractivity contribution in [1.29, 1.82) is 0 Å². The van der Waals surface area contributed by atoms with Crippen LogP contribution in [0, 0.1) is 6.92 Å². The van der Waals surface area contributed by atoms with Crippen molar-refractivity contribution in [3.8, 4) is 5.75 Å². The van der Waals surface area contributed by atoms with Gasteiger partial charge in [0.15, 0.2) is 5.76 Å². The van der Waals surface area contributed by atoms with Crippen LogP contribution in [0.1, 0.15) is 21.7 Å². The van der Waals surface area contributed by atoms with Gasteiger partial charge in [-0.2, -0.15) is 0 Å². The molecule has 0 spiro atoms. The number of halogens is 1. The van der Waals surface area contributed by atoms with Crippen LogP contribution in [-0.4, -0.2) is 11.1 Å². The quantitative estimate of drug-likeness (QED) is 0.920. The fourth-order valence-electron chi connectivity index (χ4n) is 1.52. The molecule has 0 bridgehead atoms. The van der Waals surface area contributed by atoms with E-state index in [0.717, 1.165) is 5.56 Å². The molecule has 0 unspecified atom stereocenters. The van der Waals surface area contributed by atoms with Crippen molar-refractivity contribution in [2.75, 3.05) is 0 Å². The lowest BCUT2D eigenvalue weighted by Gasteiger charge is -2.08. The Balaban J connectivity index is 2.14. The minimum atomic E-state index is -1.04. The Morgan fingerprint density at radius 3 is 2.94 bits per heavy atom. The number of hydrogen-bond acceptors (Lipinski definition) is 3. The lowest BCUT2D eigenvalue weighted by Crippen LogP contribution is -2.03. The van der Waals surface area contributed by atoms with E-state index < -0.39 is 5.97 Å². The zero-order chi connectivity index (χ0) is 13.1. The highest BCUT2D eigenvalue weighted by molar-refractivity contribution is 6.30. The number of aryl methyl sites for hydroxylation is 1. The average molecular weight is 267 g/mol. The summed E-state index contributed by atoms with van der Waals surface area (Å²) in [6.45, 7) is 1.93. The van der Waals surface area contributed by atoms with Crippen LogP contribution >= 0.6 is 11.6 Å². The summed E-state index contributed by atoms with van der Waals surface area (Å²) in [6.07, 6.45) is 1.33. The SMILES string of the molecule is Cc1ccc(Cl)cc1OCc1occc1C(=O)O. The zero-order valence-corrected chi connectivity index (χ0v) is 10.4. The van der Waals surface area contributed by atoms with Gasteiger partial charge in [0, 0.05) is 5.02 Å². The van der Waals surface area contributed by atoms with Gasteiger partial charge in [-0.1, -0.05) is 17.7 Å². The molecule has 1 N–H and O–H groups in total. The summed E-state index contributed by atoms with van der Waals surface area (Å²) in [4.78, 5) is 10.9. The van der Waals surface area contributed by atoms with Gasteiger partial charge in [-0.05, 0) is 30.7 Å². The second-order valence-electron chi connectivity index (χ2n) is 3.76. The minimum absolute atomic E-state index is 0.0514. The first-order chi connectivity index (χ1) is 8.58. The molecule has 1 aromatic heterocycles. The predicted molar refractivity (Wildman–Crippen MR) is 66.2 cm³/mol. The van der Waals surface area contributed by atoms with E-state index in [2.05, 4.69) is 0 Å². The number of hydrogen-bond donors (Lipinski definition) is 1. The average Bonchev–Trinajstić information content (AvgIpc) is 2.79. The predicted octanol–water partition coefficient (Wildman–Crippen LogP) is 3.52. The van der Waals surface area contributed by atoms with Crippen molar-refractivity contribution in [2.24, 2.45) is 0 Å². The Kier molecular flexibility index (Phi) is 3.58. The van der Waals surface area contributed by atoms with Crippen LogP contribution < -0.4 is 4.74 Å². The number of carboxylic acid groups (broad SMARTS) is 1. The standard InChI is InChI=1S/C13H11ClO4/c1-8-2-3-9(14)6-11(8)18-7-12-10(13(15)16)4-5-17-12/h2-6H,7H2,1H3,(H,15,16). The topological polar surface area (TPSA) is 59.7 Å². The normalized spacial score (nSPS) is 10.3. The van der Waals surface area contributed by atoms with E-state index in [0.29, 0.717) is 10.8 Å². The molecule has 94 valence electrons. The molecule has 0 amide bonds. The second-order valence-corrected chi connectivity index (χ2v) is 4.20. The lowest BCUT2D eigenvalue weighted by molar-refractivity contribution is 0.0692. The van der Waals surface area contributed by atoms with Crippen molar-refractivity contribution in [3.05, 3.63) is 52.4 Å². The van der Waals surface area contributed by atoms with Crippen molar-refractivity contribution in [2.45, 2.75) is 13.5 Å². The van der Waals surface area contributed by atoms with Crippen LogP contribution in [0.15, 0.2) is 34.9 Å². The number of aromatic carboxylic acids is 1. The highest BCUT2D eigenvalue weighted by atomic mass is 35.5. The van der Waals surface area contributed by atoms with Gasteiger partial charge in [-0.15, -0.1) is 0 Å². The molecule has 0 saturated carbocycles. The minimum Gasteiger partial charge on any atom is -0.485 e. The third kappa shape index (κ3) is 2.65. The number of carbonyl (C=O) groups is 1. The van der Waals surface area contributed by atoms with Crippen LogP contribution in [0.4, 0.5) is 0 Å². The molecule has 2 rings (SSSR count). The maximum atomic E-state index is 10.9. The molecule has 0 radical (unpaired) electrons. The number of benzene rings is 1. The van der Waals surface area contributed by atoms with E-state index in [1.807, 2.05) is 13.0 Å². The summed E-state index contributed by atoms with van der Waals surface area (Å²) in [5, 5.41) is 9.48. The van der Waals surface area contributed by atoms with Crippen molar-refractivity contribution in [3.63, 3.8) is 0 Å². The molecule has 1 heterocycles. The molecule has 0 saturated heterocycles. The number of furan rings is 1. The number of ether oxygens (including phenoxy) is 1. The molecular formula is C13H11ClO4. The monoisotopic (exact) mass is 266 g/mol. The Morgan fingerprint density at radius 1 is 1.44 bits per heavy atom. The first-order valence-corrected chi connectivity index (χ1v) is 5.64. The number of carboxylic acids is 1. The van der Waals surface area contributed by atoms with E-state index in [9.17, 15) is 4.79 Å². The highest BCUT2D eigenvalue weighted by Gasteiger charge is 2.14. The van der Waals surface area contributed by atoms with Gasteiger partial charge in [0.2, 0.25) is 0 Å². The third-order valence-electron chi connectivity index (χ3n) is 2.48. The molecule has 0 fully saturated rings. The summed E-state index contributed by atoms with van der Waals surface area (Å²) >= 11 is 5.86. The van der Waals surface area contributed by atoms with Gasteiger partial charge < -0.3 is 14.3 Å². The number of rotatable bonds is 4. The summed E-state index contributed by atoms with van der Waals surface area (Å²) in [5.74, 6) is -0.151. The summed E-state index contributed by atoms with van der Waals surface area (Å²) in [6, 6.07) is 6.67. The summed E-state index contributed by atoms with van der Waals surface area (Å²) in [5.41, 5.74) is 1.03. The maximum absolute atomic E-state index is 10.9. The third-order valence-corrected chi connectivity index (χ3v) is 2.72. The van der Waals surface area contributed by atoms with Crippen LogP contribution in [0.2, 0.25) is 5.02 Å². The maximum Gasteiger partial charge on any atom is 0.339 e. The van der Waals surface area contributed by atoms with Gasteiger partial charge >= 0.3 is 5.97 Å². The Morgan fingerprint density at radius 2 is 2.22 bits per heavy atom. The molecular weight excluding hydrogens is 256 g/mol. The second kappa shape index (κ2) is 5.14. The van der Waals surface area contributed by atoms with Crippen LogP contribution in [0.5, 0.6) is 5.75 Å². The molecule has 0 aliphatic carbocycles. The van der Waals surface area contributed by atoms with Gasteiger partial charge in [-0.25, -0.2) is 4.79 Å². The van der Waals surface area contributed by atoms with E-state index >= 15 is 0 Å². The molecule has 5 heteroatoms. The van der Waals surface area contributed by atoms with E-state index in [4.69, 9.17) is 25.9 Å². The van der Waals surface area contributed by atoms with Gasteiger partial charge in [0.05, 0.1) is 6.26 Å². The van der Waals surface area contributed by atoms with Crippen LogP contribution in [-0.2, 0) is 6.61 Å². The molecule has 0 aliphatic heterocycles. The van der Waals surface area contributed by atoms with E-state index in [-0.39, 0.29) is 17.9 Å². The smallest absolute Gasteiger partial charge is 0.339 e. The Labute approximate surface area is 109 Å². The van der Waals surface area contributed by atoms with E-state index in [1.54, 1.807) is 12.1 Å². The van der Waals surface area contributed by atoms with Gasteiger partial charge in [0.1, 0.15) is 17.9 Å². The molecule has 2 aromatic rings. The Bertz CT molecular complexity index is 574. The zero-order valence-electron chi connectivity index (χ0n) is 9.64. The van der Waals surface area contributed by atoms with Gasteiger partial charge in [0.25, 0.3) is 0 Å². The molecule has 0 atom stereocenters. The van der Waals surface area contributed by atoms with Crippen LogP contribution in [0.3, 0.4) is 0 Å². The van der Waals surface area contributed by atoms with E-state index in [1.165, 1.54) is 12.3 Å². The van der Waals surface area contributed by atoms with Crippen molar-refractivity contribution >= 4 is 17.6 Å². The molecule has 1 aromatic carbocycles. The molecule has 18 heavy (non-hydrogen) atoms.